The third-order valence-corrected chi connectivity index (χ3v) is 4.26. The molecule has 0 aliphatic rings. The van der Waals surface area contributed by atoms with Crippen molar-refractivity contribution in [2.24, 2.45) is 5.73 Å². The number of anilines is 1. The molecule has 1 amide bonds. The second-order valence-corrected chi connectivity index (χ2v) is 6.22. The molecule has 1 aromatic heterocycles. The van der Waals surface area contributed by atoms with E-state index in [-0.39, 0.29) is 6.61 Å². The van der Waals surface area contributed by atoms with Crippen LogP contribution in [0.4, 0.5) is 5.69 Å². The molecule has 138 valence electrons. The summed E-state index contributed by atoms with van der Waals surface area (Å²) in [6, 6.07) is 10.4. The topological polar surface area (TPSA) is 84.6 Å². The Balaban J connectivity index is 0.00000151. The zero-order valence-corrected chi connectivity index (χ0v) is 15.7. The average molecular weight is 365 g/mol. The fourth-order valence-electron chi connectivity index (χ4n) is 2.00. The van der Waals surface area contributed by atoms with Crippen molar-refractivity contribution >= 4 is 22.9 Å². The summed E-state index contributed by atoms with van der Waals surface area (Å²) in [5.41, 5.74) is 6.07. The Morgan fingerprint density at radius 1 is 1.24 bits per heavy atom. The van der Waals surface area contributed by atoms with Gasteiger partial charge in [-0.1, -0.05) is 19.9 Å². The molecule has 1 atom stereocenters. The number of unbranched alkanes of at least 4 members (excludes halogenated alkanes) is 1. The van der Waals surface area contributed by atoms with Gasteiger partial charge in [0.05, 0.1) is 13.2 Å². The number of hydrogen-bond acceptors (Lipinski definition) is 5. The zero-order chi connectivity index (χ0) is 18.5. The van der Waals surface area contributed by atoms with Crippen LogP contribution >= 0.6 is 11.3 Å². The van der Waals surface area contributed by atoms with Crippen LogP contribution < -0.4 is 15.8 Å². The summed E-state index contributed by atoms with van der Waals surface area (Å²) >= 11 is 1.79. The van der Waals surface area contributed by atoms with Gasteiger partial charge in [-0.15, -0.1) is 11.3 Å². The third kappa shape index (κ3) is 8.16. The summed E-state index contributed by atoms with van der Waals surface area (Å²) in [5.74, 6) is 0.361. The highest BCUT2D eigenvalue weighted by Gasteiger charge is 2.11. The number of carbonyl (C=O) groups excluding carboxylic acids is 1. The third-order valence-electron chi connectivity index (χ3n) is 3.32. The van der Waals surface area contributed by atoms with Crippen LogP contribution in [0.2, 0.25) is 0 Å². The fraction of sp³-hybridized carbons (Fsp3) is 0.421. The number of ether oxygens (including phenoxy) is 1. The van der Waals surface area contributed by atoms with Crippen LogP contribution in [0.15, 0.2) is 41.8 Å². The van der Waals surface area contributed by atoms with E-state index >= 15 is 0 Å². The smallest absolute Gasteiger partial charge is 0.243 e. The SMILES string of the molecule is CC.NC(CO)C(=O)Nc1ccc(OCCCCc2cccs2)cc1. The summed E-state index contributed by atoms with van der Waals surface area (Å²) in [6.45, 7) is 4.30. The zero-order valence-electron chi connectivity index (χ0n) is 14.9. The van der Waals surface area contributed by atoms with Crippen LogP contribution in [0.5, 0.6) is 5.75 Å². The Morgan fingerprint density at radius 3 is 2.56 bits per heavy atom. The number of thiophene rings is 1. The summed E-state index contributed by atoms with van der Waals surface area (Å²) in [7, 11) is 0. The monoisotopic (exact) mass is 364 g/mol. The Bertz CT molecular complexity index is 585. The molecule has 0 fully saturated rings. The molecule has 1 unspecified atom stereocenters. The summed E-state index contributed by atoms with van der Waals surface area (Å²) in [6.07, 6.45) is 3.20. The molecule has 0 spiro atoms. The Morgan fingerprint density at radius 2 is 1.96 bits per heavy atom. The van der Waals surface area contributed by atoms with Gasteiger partial charge in [-0.2, -0.15) is 0 Å². The average Bonchev–Trinajstić information content (AvgIpc) is 3.17. The molecule has 0 aliphatic heterocycles. The first kappa shape index (κ1) is 21.2. The molecule has 1 heterocycles. The Labute approximate surface area is 153 Å². The van der Waals surface area contributed by atoms with Crippen LogP contribution in [0, 0.1) is 0 Å². The maximum absolute atomic E-state index is 11.5. The molecular formula is C19H28N2O3S. The van der Waals surface area contributed by atoms with E-state index < -0.39 is 11.9 Å². The van der Waals surface area contributed by atoms with Gasteiger partial charge < -0.3 is 20.9 Å². The van der Waals surface area contributed by atoms with Crippen molar-refractivity contribution in [2.75, 3.05) is 18.5 Å². The number of hydrogen-bond donors (Lipinski definition) is 3. The lowest BCUT2D eigenvalue weighted by Gasteiger charge is -2.10. The second kappa shape index (κ2) is 12.5. The Hall–Kier alpha value is -1.89. The molecule has 6 heteroatoms. The summed E-state index contributed by atoms with van der Waals surface area (Å²) in [4.78, 5) is 13.0. The van der Waals surface area contributed by atoms with Crippen molar-refractivity contribution in [2.45, 2.75) is 39.2 Å². The first-order valence-corrected chi connectivity index (χ1v) is 9.49. The molecular weight excluding hydrogens is 336 g/mol. The minimum atomic E-state index is -0.908. The van der Waals surface area contributed by atoms with Crippen molar-refractivity contribution in [3.05, 3.63) is 46.7 Å². The quantitative estimate of drug-likeness (QED) is 0.595. The van der Waals surface area contributed by atoms with Gasteiger partial charge >= 0.3 is 0 Å². The molecule has 0 aliphatic carbocycles. The van der Waals surface area contributed by atoms with Crippen molar-refractivity contribution < 1.29 is 14.6 Å². The number of nitrogens with one attached hydrogen (secondary N) is 1. The van der Waals surface area contributed by atoms with Crippen LogP contribution in [-0.2, 0) is 11.2 Å². The number of aliphatic hydroxyl groups excluding tert-OH is 1. The predicted octanol–water partition coefficient (Wildman–Crippen LogP) is 3.43. The van der Waals surface area contributed by atoms with E-state index in [4.69, 9.17) is 15.6 Å². The molecule has 2 rings (SSSR count). The lowest BCUT2D eigenvalue weighted by atomic mass is 10.2. The lowest BCUT2D eigenvalue weighted by Crippen LogP contribution is -2.38. The molecule has 25 heavy (non-hydrogen) atoms. The van der Waals surface area contributed by atoms with E-state index in [1.807, 2.05) is 13.8 Å². The normalized spacial score (nSPS) is 11.2. The molecule has 0 saturated heterocycles. The first-order valence-electron chi connectivity index (χ1n) is 8.61. The second-order valence-electron chi connectivity index (χ2n) is 5.19. The highest BCUT2D eigenvalue weighted by atomic mass is 32.1. The number of aryl methyl sites for hydroxylation is 1. The maximum Gasteiger partial charge on any atom is 0.243 e. The molecule has 2 aromatic rings. The van der Waals surface area contributed by atoms with Gasteiger partial charge in [-0.3, -0.25) is 4.79 Å². The Kier molecular flexibility index (Phi) is 10.6. The van der Waals surface area contributed by atoms with Crippen molar-refractivity contribution in [1.82, 2.24) is 0 Å². The highest BCUT2D eigenvalue weighted by molar-refractivity contribution is 7.09. The minimum absolute atomic E-state index is 0.376. The standard InChI is InChI=1S/C17H22N2O3S.C2H6/c18-16(12-20)17(21)19-13-6-8-14(9-7-13)22-10-2-1-4-15-5-3-11-23-15;1-2/h3,5-9,11,16,20H,1-2,4,10,12,18H2,(H,19,21);1-2H3. The van der Waals surface area contributed by atoms with Crippen LogP contribution in [-0.4, -0.2) is 30.3 Å². The number of amides is 1. The van der Waals surface area contributed by atoms with Gasteiger partial charge in [-0.25, -0.2) is 0 Å². The van der Waals surface area contributed by atoms with Gasteiger partial charge in [0.25, 0.3) is 0 Å². The van der Waals surface area contributed by atoms with E-state index in [9.17, 15) is 4.79 Å². The largest absolute Gasteiger partial charge is 0.494 e. The predicted molar refractivity (Wildman–Crippen MR) is 104 cm³/mol. The van der Waals surface area contributed by atoms with Gasteiger partial charge in [0, 0.05) is 10.6 Å². The molecule has 0 saturated carbocycles. The molecule has 5 nitrogen and oxygen atoms in total. The van der Waals surface area contributed by atoms with Gasteiger partial charge in [-0.05, 0) is 55.0 Å². The highest BCUT2D eigenvalue weighted by Crippen LogP contribution is 2.17. The molecule has 0 bridgehead atoms. The first-order chi connectivity index (χ1) is 12.2. The lowest BCUT2D eigenvalue weighted by molar-refractivity contribution is -0.118. The molecule has 4 N–H and O–H groups in total. The number of nitrogens with two attached hydrogens (primary N) is 1. The minimum Gasteiger partial charge on any atom is -0.494 e. The van der Waals surface area contributed by atoms with Gasteiger partial charge in [0.1, 0.15) is 11.8 Å². The van der Waals surface area contributed by atoms with Crippen molar-refractivity contribution in [1.29, 1.82) is 0 Å². The van der Waals surface area contributed by atoms with E-state index in [2.05, 4.69) is 22.8 Å². The van der Waals surface area contributed by atoms with E-state index in [0.29, 0.717) is 12.3 Å². The van der Waals surface area contributed by atoms with Gasteiger partial charge in [0.2, 0.25) is 5.91 Å². The number of rotatable bonds is 9. The van der Waals surface area contributed by atoms with Crippen LogP contribution in [0.3, 0.4) is 0 Å². The van der Waals surface area contributed by atoms with Crippen molar-refractivity contribution in [3.63, 3.8) is 0 Å². The fourth-order valence-corrected chi connectivity index (χ4v) is 2.75. The maximum atomic E-state index is 11.5. The van der Waals surface area contributed by atoms with Crippen LogP contribution in [0.25, 0.3) is 0 Å². The number of aliphatic hydroxyl groups is 1. The van der Waals surface area contributed by atoms with Crippen molar-refractivity contribution in [3.8, 4) is 5.75 Å². The van der Waals surface area contributed by atoms with E-state index in [1.54, 1.807) is 35.6 Å². The molecule has 0 radical (unpaired) electrons. The number of benzene rings is 1. The summed E-state index contributed by atoms with van der Waals surface area (Å²) in [5, 5.41) is 13.6. The van der Waals surface area contributed by atoms with E-state index in [1.165, 1.54) is 4.88 Å². The van der Waals surface area contributed by atoms with Gasteiger partial charge in [0.15, 0.2) is 0 Å². The van der Waals surface area contributed by atoms with Crippen LogP contribution in [0.1, 0.15) is 31.6 Å². The van der Waals surface area contributed by atoms with E-state index in [0.717, 1.165) is 25.0 Å². The summed E-state index contributed by atoms with van der Waals surface area (Å²) < 4.78 is 5.68. The number of carbonyl (C=O) groups is 1. The molecule has 1 aromatic carbocycles.